The second-order valence-electron chi connectivity index (χ2n) is 4.96. The van der Waals surface area contributed by atoms with Crippen molar-refractivity contribution in [3.63, 3.8) is 0 Å². The summed E-state index contributed by atoms with van der Waals surface area (Å²) >= 11 is 0. The summed E-state index contributed by atoms with van der Waals surface area (Å²) in [5.74, 6) is 0.437. The van der Waals surface area contributed by atoms with E-state index in [2.05, 4.69) is 10.6 Å². The smallest absolute Gasteiger partial charge is 0.227 e. The van der Waals surface area contributed by atoms with E-state index >= 15 is 0 Å². The van der Waals surface area contributed by atoms with Gasteiger partial charge in [0, 0.05) is 17.2 Å². The number of carbonyl (C=O) groups is 1. The average Bonchev–Trinajstić information content (AvgIpc) is 2.27. The molecule has 18 heavy (non-hydrogen) atoms. The molecule has 1 amide bonds. The fourth-order valence-electron chi connectivity index (χ4n) is 2.10. The van der Waals surface area contributed by atoms with Crippen LogP contribution in [0.3, 0.4) is 0 Å². The van der Waals surface area contributed by atoms with Gasteiger partial charge in [-0.2, -0.15) is 0 Å². The number of para-hydroxylation sites is 1. The molecular formula is C14H20N2O2. The molecule has 1 aliphatic heterocycles. The maximum atomic E-state index is 12.1. The zero-order valence-corrected chi connectivity index (χ0v) is 10.8. The van der Waals surface area contributed by atoms with Gasteiger partial charge in [0.25, 0.3) is 0 Å². The summed E-state index contributed by atoms with van der Waals surface area (Å²) in [5, 5.41) is 15.7. The van der Waals surface area contributed by atoms with E-state index in [9.17, 15) is 9.90 Å². The Bertz CT molecular complexity index is 428. The van der Waals surface area contributed by atoms with Crippen LogP contribution in [-0.4, -0.2) is 24.1 Å². The predicted octanol–water partition coefficient (Wildman–Crippen LogP) is 1.53. The van der Waals surface area contributed by atoms with E-state index in [1.807, 2.05) is 31.2 Å². The van der Waals surface area contributed by atoms with Gasteiger partial charge in [-0.15, -0.1) is 0 Å². The molecule has 0 saturated carbocycles. The lowest BCUT2D eigenvalue weighted by atomic mass is 9.88. The molecule has 1 aliphatic rings. The van der Waals surface area contributed by atoms with Gasteiger partial charge in [0.05, 0.1) is 6.10 Å². The first-order valence-electron chi connectivity index (χ1n) is 6.38. The van der Waals surface area contributed by atoms with E-state index in [1.54, 1.807) is 6.92 Å². The highest BCUT2D eigenvalue weighted by molar-refractivity contribution is 5.93. The Morgan fingerprint density at radius 1 is 1.39 bits per heavy atom. The zero-order chi connectivity index (χ0) is 13.1. The molecule has 4 heteroatoms. The van der Waals surface area contributed by atoms with Gasteiger partial charge in [-0.3, -0.25) is 4.79 Å². The molecule has 1 aromatic rings. The quantitative estimate of drug-likeness (QED) is 0.757. The van der Waals surface area contributed by atoms with Crippen molar-refractivity contribution in [2.24, 2.45) is 11.8 Å². The van der Waals surface area contributed by atoms with Gasteiger partial charge in [-0.25, -0.2) is 0 Å². The van der Waals surface area contributed by atoms with Crippen LogP contribution in [0.25, 0.3) is 0 Å². The third kappa shape index (κ3) is 2.71. The van der Waals surface area contributed by atoms with Gasteiger partial charge in [0.1, 0.15) is 0 Å². The summed E-state index contributed by atoms with van der Waals surface area (Å²) < 4.78 is 0. The van der Waals surface area contributed by atoms with Crippen molar-refractivity contribution >= 4 is 11.6 Å². The molecule has 0 aliphatic carbocycles. The molecule has 0 bridgehead atoms. The highest BCUT2D eigenvalue weighted by atomic mass is 16.3. The van der Waals surface area contributed by atoms with Gasteiger partial charge in [0.15, 0.2) is 0 Å². The second kappa shape index (κ2) is 5.50. The molecule has 0 radical (unpaired) electrons. The first kappa shape index (κ1) is 13.1. The van der Waals surface area contributed by atoms with Crippen LogP contribution in [-0.2, 0) is 4.79 Å². The van der Waals surface area contributed by atoms with E-state index < -0.39 is 6.10 Å². The lowest BCUT2D eigenvalue weighted by Gasteiger charge is -2.31. The number of hydrogen-bond donors (Lipinski definition) is 3. The molecule has 2 unspecified atom stereocenters. The molecule has 1 aromatic carbocycles. The highest BCUT2D eigenvalue weighted by Gasteiger charge is 2.29. The fourth-order valence-corrected chi connectivity index (χ4v) is 2.10. The summed E-state index contributed by atoms with van der Waals surface area (Å²) in [6.45, 7) is 5.47. The monoisotopic (exact) mass is 248 g/mol. The number of benzene rings is 1. The predicted molar refractivity (Wildman–Crippen MR) is 71.2 cm³/mol. The highest BCUT2D eigenvalue weighted by Crippen LogP contribution is 2.24. The van der Waals surface area contributed by atoms with Crippen molar-refractivity contribution < 1.29 is 9.90 Å². The van der Waals surface area contributed by atoms with Gasteiger partial charge >= 0.3 is 0 Å². The number of amides is 1. The van der Waals surface area contributed by atoms with Gasteiger partial charge in [0.2, 0.25) is 5.91 Å². The Hall–Kier alpha value is -1.39. The lowest BCUT2D eigenvalue weighted by Crippen LogP contribution is -2.48. The standard InChI is InChI=1S/C14H20N2O2/c1-9(11-7-15-8-11)14(18)16-13-6-4-3-5-12(13)10(2)17/h3-6,9-11,15,17H,7-8H2,1-2H3,(H,16,18). The molecule has 2 atom stereocenters. The lowest BCUT2D eigenvalue weighted by molar-refractivity contribution is -0.121. The molecule has 3 N–H and O–H groups in total. The minimum absolute atomic E-state index is 0.00620. The first-order chi connectivity index (χ1) is 8.59. The van der Waals surface area contributed by atoms with Crippen molar-refractivity contribution in [1.82, 2.24) is 5.32 Å². The Morgan fingerprint density at radius 3 is 2.61 bits per heavy atom. The number of aliphatic hydroxyl groups excluding tert-OH is 1. The van der Waals surface area contributed by atoms with Gasteiger partial charge in [-0.1, -0.05) is 25.1 Å². The molecule has 98 valence electrons. The topological polar surface area (TPSA) is 61.4 Å². The third-order valence-electron chi connectivity index (χ3n) is 3.60. The SMILES string of the molecule is CC(O)c1ccccc1NC(=O)C(C)C1CNC1. The summed E-state index contributed by atoms with van der Waals surface area (Å²) in [7, 11) is 0. The fraction of sp³-hybridized carbons (Fsp3) is 0.500. The van der Waals surface area contributed by atoms with E-state index in [4.69, 9.17) is 0 Å². The molecule has 0 aromatic heterocycles. The summed E-state index contributed by atoms with van der Waals surface area (Å²) in [6, 6.07) is 7.37. The maximum Gasteiger partial charge on any atom is 0.227 e. The number of aliphatic hydroxyl groups is 1. The molecule has 1 heterocycles. The molecular weight excluding hydrogens is 228 g/mol. The van der Waals surface area contributed by atoms with Crippen LogP contribution >= 0.6 is 0 Å². The van der Waals surface area contributed by atoms with Gasteiger partial charge in [-0.05, 0) is 32.0 Å². The average molecular weight is 248 g/mol. The van der Waals surface area contributed by atoms with Crippen LogP contribution < -0.4 is 10.6 Å². The minimum Gasteiger partial charge on any atom is -0.389 e. The van der Waals surface area contributed by atoms with E-state index in [0.29, 0.717) is 11.6 Å². The van der Waals surface area contributed by atoms with E-state index in [-0.39, 0.29) is 11.8 Å². The van der Waals surface area contributed by atoms with E-state index in [0.717, 1.165) is 18.7 Å². The normalized spacial score (nSPS) is 18.8. The van der Waals surface area contributed by atoms with Gasteiger partial charge < -0.3 is 15.7 Å². The van der Waals surface area contributed by atoms with Crippen LogP contribution in [0.4, 0.5) is 5.69 Å². The van der Waals surface area contributed by atoms with Crippen LogP contribution in [0.2, 0.25) is 0 Å². The van der Waals surface area contributed by atoms with Crippen molar-refractivity contribution in [2.75, 3.05) is 18.4 Å². The zero-order valence-electron chi connectivity index (χ0n) is 10.8. The number of hydrogen-bond acceptors (Lipinski definition) is 3. The minimum atomic E-state index is -0.581. The number of anilines is 1. The van der Waals surface area contributed by atoms with Crippen molar-refractivity contribution in [3.8, 4) is 0 Å². The molecule has 1 fully saturated rings. The number of rotatable bonds is 4. The maximum absolute atomic E-state index is 12.1. The van der Waals surface area contributed by atoms with Crippen molar-refractivity contribution in [2.45, 2.75) is 20.0 Å². The number of carbonyl (C=O) groups excluding carboxylic acids is 1. The molecule has 2 rings (SSSR count). The summed E-state index contributed by atoms with van der Waals surface area (Å²) in [5.41, 5.74) is 1.46. The first-order valence-corrected chi connectivity index (χ1v) is 6.38. The summed E-state index contributed by atoms with van der Waals surface area (Å²) in [4.78, 5) is 12.1. The summed E-state index contributed by atoms with van der Waals surface area (Å²) in [6.07, 6.45) is -0.581. The van der Waals surface area contributed by atoms with Crippen LogP contribution in [0, 0.1) is 11.8 Å². The number of nitrogens with one attached hydrogen (secondary N) is 2. The van der Waals surface area contributed by atoms with Crippen molar-refractivity contribution in [3.05, 3.63) is 29.8 Å². The van der Waals surface area contributed by atoms with E-state index in [1.165, 1.54) is 0 Å². The molecule has 4 nitrogen and oxygen atoms in total. The second-order valence-corrected chi connectivity index (χ2v) is 4.96. The van der Waals surface area contributed by atoms with Crippen LogP contribution in [0.5, 0.6) is 0 Å². The molecule has 0 spiro atoms. The Labute approximate surface area is 107 Å². The third-order valence-corrected chi connectivity index (χ3v) is 3.60. The van der Waals surface area contributed by atoms with Crippen molar-refractivity contribution in [1.29, 1.82) is 0 Å². The Balaban J connectivity index is 2.06. The largest absolute Gasteiger partial charge is 0.389 e. The Morgan fingerprint density at radius 2 is 2.06 bits per heavy atom. The van der Waals surface area contributed by atoms with Crippen LogP contribution in [0.1, 0.15) is 25.5 Å². The van der Waals surface area contributed by atoms with Crippen LogP contribution in [0.15, 0.2) is 24.3 Å². The Kier molecular flexibility index (Phi) is 3.99. The molecule has 1 saturated heterocycles.